The second-order valence-electron chi connectivity index (χ2n) is 8.79. The molecule has 2 heterocycles. The van der Waals surface area contributed by atoms with Crippen LogP contribution in [-0.2, 0) is 0 Å². The number of nitrogens with two attached hydrogens (primary N) is 2. The highest BCUT2D eigenvalue weighted by Gasteiger charge is 2.33. The molecule has 1 aliphatic carbocycles. The average Bonchev–Trinajstić information content (AvgIpc) is 3.00. The maximum Gasteiger partial charge on any atom is 0.339 e. The summed E-state index contributed by atoms with van der Waals surface area (Å²) in [5.74, 6) is 2.44. The molecule has 1 aromatic heterocycles. The van der Waals surface area contributed by atoms with Gasteiger partial charge < -0.3 is 21.6 Å². The zero-order valence-corrected chi connectivity index (χ0v) is 17.5. The molecule has 0 bridgehead atoms. The fourth-order valence-corrected chi connectivity index (χ4v) is 5.13. The lowest BCUT2D eigenvalue weighted by Crippen LogP contribution is -2.30. The zero-order chi connectivity index (χ0) is 20.7. The molecular formula is C22H32N4O2. The van der Waals surface area contributed by atoms with Gasteiger partial charge in [-0.25, -0.2) is 9.79 Å². The monoisotopic (exact) mass is 384 g/mol. The van der Waals surface area contributed by atoms with E-state index in [1.165, 1.54) is 12.8 Å². The van der Waals surface area contributed by atoms with Crippen LogP contribution in [-0.4, -0.2) is 21.9 Å². The Bertz CT molecular complexity index is 879. The van der Waals surface area contributed by atoms with Crippen LogP contribution in [0.3, 0.4) is 0 Å². The number of aromatic nitrogens is 1. The van der Waals surface area contributed by atoms with Crippen molar-refractivity contribution < 1.29 is 9.90 Å². The van der Waals surface area contributed by atoms with E-state index >= 15 is 0 Å². The van der Waals surface area contributed by atoms with E-state index in [0.717, 1.165) is 29.2 Å². The van der Waals surface area contributed by atoms with Gasteiger partial charge in [0.2, 0.25) is 0 Å². The van der Waals surface area contributed by atoms with Gasteiger partial charge in [0.1, 0.15) is 17.2 Å². The third-order valence-corrected chi connectivity index (χ3v) is 6.65. The predicted octanol–water partition coefficient (Wildman–Crippen LogP) is 4.34. The van der Waals surface area contributed by atoms with E-state index in [2.05, 4.69) is 30.7 Å². The van der Waals surface area contributed by atoms with E-state index in [-0.39, 0.29) is 11.4 Å². The maximum absolute atomic E-state index is 11.4. The zero-order valence-electron chi connectivity index (χ0n) is 17.5. The summed E-state index contributed by atoms with van der Waals surface area (Å²) in [5.41, 5.74) is 16.5. The third-order valence-electron chi connectivity index (χ3n) is 6.65. The quantitative estimate of drug-likeness (QED) is 0.617. The number of carbonyl (C=O) groups is 1. The van der Waals surface area contributed by atoms with Crippen LogP contribution in [0, 0.1) is 30.6 Å². The molecular weight excluding hydrogens is 352 g/mol. The highest BCUT2D eigenvalue weighted by molar-refractivity contribution is 6.03. The number of nitrogen functional groups attached to an aromatic ring is 1. The van der Waals surface area contributed by atoms with E-state index in [1.54, 1.807) is 6.92 Å². The molecule has 1 aromatic rings. The van der Waals surface area contributed by atoms with Crippen molar-refractivity contribution in [3.63, 3.8) is 0 Å². The number of aliphatic imine (C=N–C) groups is 1. The Hall–Kier alpha value is -2.50. The summed E-state index contributed by atoms with van der Waals surface area (Å²) in [5, 5.41) is 9.33. The number of anilines is 1. The number of nitrogens with one attached hydrogen (secondary N) is 1. The van der Waals surface area contributed by atoms with Gasteiger partial charge in [0, 0.05) is 5.69 Å². The number of rotatable bonds is 4. The van der Waals surface area contributed by atoms with Gasteiger partial charge in [-0.2, -0.15) is 0 Å². The number of amidine groups is 1. The summed E-state index contributed by atoms with van der Waals surface area (Å²) in [7, 11) is 0. The first-order valence-electron chi connectivity index (χ1n) is 10.1. The number of allylic oxidation sites excluding steroid dienone is 1. The van der Waals surface area contributed by atoms with Crippen LogP contribution in [0.5, 0.6) is 0 Å². The Balaban J connectivity index is 1.90. The molecule has 0 amide bonds. The number of nitrogens with zero attached hydrogens (tertiary/aromatic N) is 1. The van der Waals surface area contributed by atoms with E-state index in [4.69, 9.17) is 11.5 Å². The van der Waals surface area contributed by atoms with Crippen molar-refractivity contribution in [2.24, 2.45) is 34.4 Å². The second-order valence-corrected chi connectivity index (χ2v) is 8.79. The summed E-state index contributed by atoms with van der Waals surface area (Å²) in [6, 6.07) is 0. The Morgan fingerprint density at radius 2 is 1.82 bits per heavy atom. The van der Waals surface area contributed by atoms with Crippen molar-refractivity contribution in [1.82, 2.24) is 4.98 Å². The van der Waals surface area contributed by atoms with Crippen molar-refractivity contribution in [3.05, 3.63) is 33.7 Å². The van der Waals surface area contributed by atoms with Crippen molar-refractivity contribution in [2.45, 2.75) is 53.9 Å². The predicted molar refractivity (Wildman–Crippen MR) is 114 cm³/mol. The number of aromatic carboxylic acids is 1. The van der Waals surface area contributed by atoms with E-state index in [0.29, 0.717) is 34.8 Å². The molecule has 6 heteroatoms. The Morgan fingerprint density at radius 1 is 1.21 bits per heavy atom. The minimum Gasteiger partial charge on any atom is -0.478 e. The minimum atomic E-state index is -1.03. The van der Waals surface area contributed by atoms with Gasteiger partial charge in [0.25, 0.3) is 0 Å². The fraction of sp³-hybridized carbons (Fsp3) is 0.545. The first kappa shape index (κ1) is 20.2. The molecule has 1 saturated carbocycles. The summed E-state index contributed by atoms with van der Waals surface area (Å²) < 4.78 is 0. The first-order chi connectivity index (χ1) is 13.1. The summed E-state index contributed by atoms with van der Waals surface area (Å²) >= 11 is 0. The van der Waals surface area contributed by atoms with Crippen LogP contribution < -0.4 is 11.5 Å². The first-order valence-corrected chi connectivity index (χ1v) is 10.1. The number of H-pyrrole nitrogens is 1. The minimum absolute atomic E-state index is 0.114. The van der Waals surface area contributed by atoms with Gasteiger partial charge in [-0.05, 0) is 79.6 Å². The topological polar surface area (TPSA) is 117 Å². The van der Waals surface area contributed by atoms with E-state index in [1.807, 2.05) is 13.0 Å². The molecule has 2 aliphatic rings. The van der Waals surface area contributed by atoms with Gasteiger partial charge in [-0.15, -0.1) is 0 Å². The van der Waals surface area contributed by atoms with E-state index in [9.17, 15) is 9.90 Å². The number of carboxylic acid groups (broad SMARTS) is 1. The highest BCUT2D eigenvalue weighted by atomic mass is 16.4. The molecule has 0 radical (unpaired) electrons. The second kappa shape index (κ2) is 7.49. The average molecular weight is 385 g/mol. The largest absolute Gasteiger partial charge is 0.478 e. The molecule has 28 heavy (non-hydrogen) atoms. The Kier molecular flexibility index (Phi) is 5.41. The molecule has 0 spiro atoms. The summed E-state index contributed by atoms with van der Waals surface area (Å²) in [6.07, 6.45) is 5.32. The molecule has 6 N–H and O–H groups in total. The lowest BCUT2D eigenvalue weighted by molar-refractivity contribution is 0.0697. The normalized spacial score (nSPS) is 29.5. The van der Waals surface area contributed by atoms with Gasteiger partial charge in [0.05, 0.1) is 5.70 Å². The summed E-state index contributed by atoms with van der Waals surface area (Å²) in [4.78, 5) is 18.9. The summed E-state index contributed by atoms with van der Waals surface area (Å²) in [6.45, 7) is 10.8. The van der Waals surface area contributed by atoms with Crippen LogP contribution >= 0.6 is 0 Å². The van der Waals surface area contributed by atoms with Crippen LogP contribution in [0.1, 0.15) is 68.6 Å². The molecule has 1 aliphatic heterocycles. The maximum atomic E-state index is 11.4. The molecule has 152 valence electrons. The van der Waals surface area contributed by atoms with Gasteiger partial charge in [-0.1, -0.05) is 20.8 Å². The van der Waals surface area contributed by atoms with Crippen LogP contribution in [0.25, 0.3) is 6.08 Å². The highest BCUT2D eigenvalue weighted by Crippen LogP contribution is 2.42. The van der Waals surface area contributed by atoms with Gasteiger partial charge >= 0.3 is 5.97 Å². The molecule has 0 saturated heterocycles. The molecule has 6 nitrogen and oxygen atoms in total. The lowest BCUT2D eigenvalue weighted by atomic mass is 9.67. The number of carboxylic acids is 1. The van der Waals surface area contributed by atoms with Crippen molar-refractivity contribution in [1.29, 1.82) is 0 Å². The number of hydrogen-bond donors (Lipinski definition) is 4. The molecule has 2 atom stereocenters. The van der Waals surface area contributed by atoms with Crippen LogP contribution in [0.15, 0.2) is 21.8 Å². The Labute approximate surface area is 166 Å². The standard InChI is InChI=1S/C22H32N4O2/c1-10-6-11(2)15(12(3)7-10)8-16-13(4)17(25-20(16)23)9-18-14(5)19(22(27)28)21(24)26-18/h9-12,15,26H,6-8,24H2,1-5H3,(H2,23,25)(H,27,28). The van der Waals surface area contributed by atoms with E-state index < -0.39 is 5.97 Å². The lowest BCUT2D eigenvalue weighted by Gasteiger charge is -2.38. The third kappa shape index (κ3) is 3.60. The van der Waals surface area contributed by atoms with Gasteiger partial charge in [0.15, 0.2) is 0 Å². The Morgan fingerprint density at radius 3 is 2.36 bits per heavy atom. The number of hydrogen-bond acceptors (Lipinski definition) is 4. The smallest absolute Gasteiger partial charge is 0.339 e. The molecule has 3 rings (SSSR count). The van der Waals surface area contributed by atoms with Crippen molar-refractivity contribution in [3.8, 4) is 0 Å². The van der Waals surface area contributed by atoms with Gasteiger partial charge in [-0.3, -0.25) is 0 Å². The van der Waals surface area contributed by atoms with Crippen LogP contribution in [0.2, 0.25) is 0 Å². The van der Waals surface area contributed by atoms with Crippen LogP contribution in [0.4, 0.5) is 5.82 Å². The molecule has 2 unspecified atom stereocenters. The SMILES string of the molecule is CC1=C(CC2C(C)CC(C)CC2C)C(N)=NC1=Cc1[nH]c(N)c(C(=O)O)c1C. The number of aromatic amines is 1. The fourth-order valence-electron chi connectivity index (χ4n) is 5.13. The molecule has 1 fully saturated rings. The van der Waals surface area contributed by atoms with Crippen molar-refractivity contribution >= 4 is 23.7 Å². The van der Waals surface area contributed by atoms with Crippen molar-refractivity contribution in [2.75, 3.05) is 5.73 Å². The molecule has 0 aromatic carbocycles.